The zero-order valence-electron chi connectivity index (χ0n) is 29.2. The van der Waals surface area contributed by atoms with Crippen LogP contribution in [0.25, 0.3) is 55.0 Å². The molecule has 56 heavy (non-hydrogen) atoms. The third-order valence-corrected chi connectivity index (χ3v) is 9.59. The van der Waals surface area contributed by atoms with E-state index >= 15 is 0 Å². The van der Waals surface area contributed by atoms with Crippen molar-refractivity contribution in [1.82, 2.24) is 9.13 Å². The summed E-state index contributed by atoms with van der Waals surface area (Å²) in [5, 5.41) is 43.3. The molecule has 0 radical (unpaired) electrons. The highest BCUT2D eigenvalue weighted by Gasteiger charge is 2.17. The van der Waals surface area contributed by atoms with Crippen LogP contribution in [0.4, 0.5) is 45.5 Å². The Kier molecular flexibility index (Phi) is 7.97. The third kappa shape index (κ3) is 5.98. The molecule has 2 aromatic heterocycles. The summed E-state index contributed by atoms with van der Waals surface area (Å²) in [7, 11) is 0. The SMILES string of the molecule is Nc1ccc2c(c1)c1cc(N=Nc3ccc([N+](=O)[O-])cc3)ccc1n2-c1ccc(-n2c3ccc(N)cc3c3cc(N=Nc4ccc([N+](=O)[O-])cc4)ccc32)cc1. The van der Waals surface area contributed by atoms with E-state index in [4.69, 9.17) is 11.5 Å². The molecule has 0 atom stereocenters. The number of azo groups is 2. The van der Waals surface area contributed by atoms with Gasteiger partial charge in [0.25, 0.3) is 11.4 Å². The number of non-ortho nitro benzene ring substituents is 2. The number of hydrogen-bond acceptors (Lipinski definition) is 10. The highest BCUT2D eigenvalue weighted by molar-refractivity contribution is 6.12. The van der Waals surface area contributed by atoms with E-state index in [0.717, 1.165) is 55.0 Å². The predicted octanol–water partition coefficient (Wildman–Crippen LogP) is 11.7. The first-order chi connectivity index (χ1) is 27.2. The van der Waals surface area contributed by atoms with Gasteiger partial charge in [-0.15, -0.1) is 0 Å². The second-order valence-corrected chi connectivity index (χ2v) is 13.1. The number of fused-ring (bicyclic) bond motifs is 6. The molecule has 0 saturated carbocycles. The summed E-state index contributed by atoms with van der Waals surface area (Å²) >= 11 is 0. The van der Waals surface area contributed by atoms with Crippen LogP contribution in [-0.4, -0.2) is 19.0 Å². The van der Waals surface area contributed by atoms with Gasteiger partial charge in [0, 0.05) is 68.6 Å². The smallest absolute Gasteiger partial charge is 0.269 e. The maximum absolute atomic E-state index is 11.0. The number of nitrogens with two attached hydrogens (primary N) is 2. The highest BCUT2D eigenvalue weighted by atomic mass is 16.6. The molecule has 0 aliphatic carbocycles. The van der Waals surface area contributed by atoms with Gasteiger partial charge in [0.1, 0.15) is 0 Å². The summed E-state index contributed by atoms with van der Waals surface area (Å²) in [6.07, 6.45) is 0. The second kappa shape index (κ2) is 13.3. The summed E-state index contributed by atoms with van der Waals surface area (Å²) in [6, 6.07) is 43.5. The first-order valence-corrected chi connectivity index (χ1v) is 17.3. The average Bonchev–Trinajstić information content (AvgIpc) is 3.70. The molecule has 7 aromatic carbocycles. The Hall–Kier alpha value is -8.26. The molecule has 0 fully saturated rings. The lowest BCUT2D eigenvalue weighted by atomic mass is 10.1. The van der Waals surface area contributed by atoms with Gasteiger partial charge in [-0.1, -0.05) is 0 Å². The zero-order chi connectivity index (χ0) is 38.5. The van der Waals surface area contributed by atoms with Crippen molar-refractivity contribution in [2.24, 2.45) is 20.5 Å². The maximum Gasteiger partial charge on any atom is 0.269 e. The van der Waals surface area contributed by atoms with Crippen molar-refractivity contribution < 1.29 is 9.85 Å². The van der Waals surface area contributed by atoms with Gasteiger partial charge in [-0.2, -0.15) is 20.5 Å². The van der Waals surface area contributed by atoms with Gasteiger partial charge in [-0.05, 0) is 121 Å². The molecule has 9 rings (SSSR count). The summed E-state index contributed by atoms with van der Waals surface area (Å²) in [5.74, 6) is 0. The minimum Gasteiger partial charge on any atom is -0.399 e. The molecule has 14 nitrogen and oxygen atoms in total. The van der Waals surface area contributed by atoms with Gasteiger partial charge in [0.15, 0.2) is 0 Å². The number of hydrogen-bond donors (Lipinski definition) is 2. The predicted molar refractivity (Wildman–Crippen MR) is 218 cm³/mol. The van der Waals surface area contributed by atoms with Crippen molar-refractivity contribution in [3.63, 3.8) is 0 Å². The lowest BCUT2D eigenvalue weighted by Crippen LogP contribution is -1.97. The molecule has 0 saturated heterocycles. The summed E-state index contributed by atoms with van der Waals surface area (Å²) in [4.78, 5) is 21.1. The molecule has 9 aromatic rings. The van der Waals surface area contributed by atoms with Crippen LogP contribution in [0.2, 0.25) is 0 Å². The Morgan fingerprint density at radius 2 is 0.696 bits per heavy atom. The molecule has 0 bridgehead atoms. The number of nitrogens with zero attached hydrogens (tertiary/aromatic N) is 8. The fourth-order valence-corrected chi connectivity index (χ4v) is 7.00. The Labute approximate surface area is 316 Å². The first-order valence-electron chi connectivity index (χ1n) is 17.3. The minimum atomic E-state index is -0.454. The van der Waals surface area contributed by atoms with Crippen molar-refractivity contribution in [2.75, 3.05) is 11.5 Å². The van der Waals surface area contributed by atoms with E-state index in [1.807, 2.05) is 72.8 Å². The number of anilines is 2. The number of benzene rings is 7. The summed E-state index contributed by atoms with van der Waals surface area (Å²) in [5.41, 5.74) is 21.7. The molecule has 270 valence electrons. The minimum absolute atomic E-state index is 0.0129. The van der Waals surface area contributed by atoms with Crippen LogP contribution in [0, 0.1) is 20.2 Å². The Morgan fingerprint density at radius 3 is 1.05 bits per heavy atom. The third-order valence-electron chi connectivity index (χ3n) is 9.59. The molecule has 2 heterocycles. The monoisotopic (exact) mass is 736 g/mol. The molecule has 0 spiro atoms. The lowest BCUT2D eigenvalue weighted by molar-refractivity contribution is -0.385. The fraction of sp³-hybridized carbons (Fsp3) is 0. The van der Waals surface area contributed by atoms with E-state index in [-0.39, 0.29) is 11.4 Å². The van der Waals surface area contributed by atoms with E-state index in [0.29, 0.717) is 34.1 Å². The van der Waals surface area contributed by atoms with Crippen LogP contribution < -0.4 is 11.5 Å². The van der Waals surface area contributed by atoms with E-state index in [1.54, 1.807) is 24.3 Å². The van der Waals surface area contributed by atoms with Crippen molar-refractivity contribution in [2.45, 2.75) is 0 Å². The van der Waals surface area contributed by atoms with Crippen LogP contribution >= 0.6 is 0 Å². The molecule has 14 heteroatoms. The number of nitro groups is 2. The Balaban J connectivity index is 1.08. The van der Waals surface area contributed by atoms with Gasteiger partial charge in [-0.3, -0.25) is 20.2 Å². The van der Waals surface area contributed by atoms with E-state index in [2.05, 4.69) is 53.9 Å². The van der Waals surface area contributed by atoms with E-state index in [9.17, 15) is 20.2 Å². The van der Waals surface area contributed by atoms with Crippen molar-refractivity contribution in [3.05, 3.63) is 166 Å². The lowest BCUT2D eigenvalue weighted by Gasteiger charge is -2.12. The standard InChI is InChI=1S/C42H28N10O4/c43-25-1-17-39-35(21-25)37-23-29(47-45-27-3-9-33(10-4-27)51(53)54)7-19-41(37)49(39)31-13-15-32(16-14-31)50-40-18-2-26(44)22-36(40)38-24-30(8-20-42(38)50)48-46-28-5-11-34(12-6-28)52(55)56/h1-24H,43-44H2. The van der Waals surface area contributed by atoms with Crippen LogP contribution in [0.3, 0.4) is 0 Å². The van der Waals surface area contributed by atoms with Crippen molar-refractivity contribution in [1.29, 1.82) is 0 Å². The van der Waals surface area contributed by atoms with Crippen molar-refractivity contribution in [3.8, 4) is 11.4 Å². The molecule has 0 amide bonds. The largest absolute Gasteiger partial charge is 0.399 e. The van der Waals surface area contributed by atoms with Gasteiger partial charge in [0.2, 0.25) is 0 Å². The molecular weight excluding hydrogens is 709 g/mol. The van der Waals surface area contributed by atoms with Gasteiger partial charge < -0.3 is 20.6 Å². The Morgan fingerprint density at radius 1 is 0.393 bits per heavy atom. The molecule has 4 N–H and O–H groups in total. The number of rotatable bonds is 8. The Bertz CT molecular complexity index is 2880. The van der Waals surface area contributed by atoms with E-state index < -0.39 is 9.85 Å². The molecule has 0 aliphatic heterocycles. The molecular formula is C42H28N10O4. The topological polar surface area (TPSA) is 198 Å². The summed E-state index contributed by atoms with van der Waals surface area (Å²) < 4.78 is 4.36. The van der Waals surface area contributed by atoms with Gasteiger partial charge >= 0.3 is 0 Å². The maximum atomic E-state index is 11.0. The number of aromatic nitrogens is 2. The average molecular weight is 737 g/mol. The van der Waals surface area contributed by atoms with Crippen LogP contribution in [0.1, 0.15) is 0 Å². The number of nitrogen functional groups attached to an aromatic ring is 2. The zero-order valence-corrected chi connectivity index (χ0v) is 29.2. The van der Waals surface area contributed by atoms with Crippen LogP contribution in [0.15, 0.2) is 166 Å². The van der Waals surface area contributed by atoms with Crippen LogP contribution in [-0.2, 0) is 0 Å². The quantitative estimate of drug-likeness (QED) is 0.0673. The van der Waals surface area contributed by atoms with Crippen LogP contribution in [0.5, 0.6) is 0 Å². The molecule has 0 aliphatic rings. The molecule has 0 unspecified atom stereocenters. The summed E-state index contributed by atoms with van der Waals surface area (Å²) in [6.45, 7) is 0. The van der Waals surface area contributed by atoms with Gasteiger partial charge in [-0.25, -0.2) is 0 Å². The highest BCUT2D eigenvalue weighted by Crippen LogP contribution is 2.38. The van der Waals surface area contributed by atoms with Gasteiger partial charge in [0.05, 0.1) is 54.7 Å². The van der Waals surface area contributed by atoms with E-state index in [1.165, 1.54) is 24.3 Å². The number of nitro benzene ring substituents is 2. The fourth-order valence-electron chi connectivity index (χ4n) is 7.00. The van der Waals surface area contributed by atoms with Crippen molar-refractivity contribution >= 4 is 89.1 Å². The normalized spacial score (nSPS) is 11.9. The second-order valence-electron chi connectivity index (χ2n) is 13.1. The first kappa shape index (κ1) is 33.6.